The van der Waals surface area contributed by atoms with Crippen LogP contribution in [0.25, 0.3) is 0 Å². The van der Waals surface area contributed by atoms with E-state index >= 15 is 0 Å². The van der Waals surface area contributed by atoms with Crippen molar-refractivity contribution < 1.29 is 4.79 Å². The highest BCUT2D eigenvalue weighted by Gasteiger charge is 2.21. The van der Waals surface area contributed by atoms with Crippen LogP contribution in [0, 0.1) is 0 Å². The van der Waals surface area contributed by atoms with E-state index in [9.17, 15) is 4.79 Å². The molecule has 1 fully saturated rings. The summed E-state index contributed by atoms with van der Waals surface area (Å²) in [7, 11) is 1.78. The van der Waals surface area contributed by atoms with Crippen molar-refractivity contribution in [1.82, 2.24) is 10.6 Å². The number of hydrogen-bond acceptors (Lipinski definition) is 3. The molecule has 1 amide bonds. The molecular weight excluding hydrogens is 374 g/mol. The van der Waals surface area contributed by atoms with E-state index in [1.807, 2.05) is 17.0 Å². The standard InChI is InChI=1S/C24H29N5O/c1-25-24(27-18-20-6-4-7-22(16-20)28-13-2-3-14-28)26-17-19-9-11-21(12-10-19)29-15-5-8-23(29)30/h2-4,6-7,9-12,16H,5,8,13-15,17-18H2,1H3,(H2,25,26,27). The lowest BCUT2D eigenvalue weighted by molar-refractivity contribution is -0.117. The first-order valence-corrected chi connectivity index (χ1v) is 10.6. The Labute approximate surface area is 178 Å². The van der Waals surface area contributed by atoms with E-state index in [1.165, 1.54) is 11.3 Å². The number of carbonyl (C=O) groups is 1. The molecule has 0 bridgehead atoms. The van der Waals surface area contributed by atoms with Gasteiger partial charge in [-0.1, -0.05) is 36.4 Å². The largest absolute Gasteiger partial charge is 0.364 e. The molecule has 2 aliphatic heterocycles. The van der Waals surface area contributed by atoms with Crippen LogP contribution < -0.4 is 20.4 Å². The van der Waals surface area contributed by atoms with Gasteiger partial charge in [0.1, 0.15) is 0 Å². The van der Waals surface area contributed by atoms with Crippen molar-refractivity contribution >= 4 is 23.2 Å². The summed E-state index contributed by atoms with van der Waals surface area (Å²) < 4.78 is 0. The molecule has 0 unspecified atom stereocenters. The first-order valence-electron chi connectivity index (χ1n) is 10.6. The Morgan fingerprint density at radius 1 is 0.967 bits per heavy atom. The van der Waals surface area contributed by atoms with Gasteiger partial charge >= 0.3 is 0 Å². The van der Waals surface area contributed by atoms with Crippen molar-refractivity contribution in [1.29, 1.82) is 0 Å². The zero-order chi connectivity index (χ0) is 20.8. The number of hydrogen-bond donors (Lipinski definition) is 2. The normalized spacial score (nSPS) is 16.4. The van der Waals surface area contributed by atoms with Gasteiger partial charge < -0.3 is 20.4 Å². The third-order valence-corrected chi connectivity index (χ3v) is 5.56. The number of aliphatic imine (C=N–C) groups is 1. The molecule has 6 heteroatoms. The molecule has 0 aromatic heterocycles. The lowest BCUT2D eigenvalue weighted by Crippen LogP contribution is -2.36. The first-order chi connectivity index (χ1) is 14.7. The molecular formula is C24H29N5O. The van der Waals surface area contributed by atoms with Gasteiger partial charge in [0.15, 0.2) is 5.96 Å². The fraction of sp³-hybridized carbons (Fsp3) is 0.333. The van der Waals surface area contributed by atoms with Gasteiger partial charge in [0, 0.05) is 57.6 Å². The van der Waals surface area contributed by atoms with Crippen LogP contribution >= 0.6 is 0 Å². The lowest BCUT2D eigenvalue weighted by atomic mass is 10.2. The van der Waals surface area contributed by atoms with Crippen LogP contribution in [0.1, 0.15) is 24.0 Å². The summed E-state index contributed by atoms with van der Waals surface area (Å²) in [6, 6.07) is 16.8. The summed E-state index contributed by atoms with van der Waals surface area (Å²) in [5, 5.41) is 6.75. The van der Waals surface area contributed by atoms with Gasteiger partial charge in [-0.15, -0.1) is 0 Å². The molecule has 4 rings (SSSR count). The summed E-state index contributed by atoms with van der Waals surface area (Å²) in [6.45, 7) is 4.16. The molecule has 6 nitrogen and oxygen atoms in total. The maximum Gasteiger partial charge on any atom is 0.227 e. The van der Waals surface area contributed by atoms with Crippen LogP contribution in [-0.4, -0.2) is 38.5 Å². The van der Waals surface area contributed by atoms with Crippen molar-refractivity contribution in [2.45, 2.75) is 25.9 Å². The molecule has 30 heavy (non-hydrogen) atoms. The Hall–Kier alpha value is -3.28. The second-order valence-electron chi connectivity index (χ2n) is 7.64. The van der Waals surface area contributed by atoms with Crippen molar-refractivity contribution in [2.24, 2.45) is 4.99 Å². The van der Waals surface area contributed by atoms with E-state index in [0.29, 0.717) is 19.5 Å². The van der Waals surface area contributed by atoms with Gasteiger partial charge in [0.2, 0.25) is 5.91 Å². The summed E-state index contributed by atoms with van der Waals surface area (Å²) in [4.78, 5) is 20.4. The first kappa shape index (κ1) is 20.0. The number of amides is 1. The number of nitrogens with one attached hydrogen (secondary N) is 2. The average Bonchev–Trinajstić information content (AvgIpc) is 3.47. The minimum Gasteiger partial charge on any atom is -0.364 e. The van der Waals surface area contributed by atoms with Crippen LogP contribution in [0.3, 0.4) is 0 Å². The highest BCUT2D eigenvalue weighted by Crippen LogP contribution is 2.21. The van der Waals surface area contributed by atoms with Gasteiger partial charge in [-0.2, -0.15) is 0 Å². The molecule has 2 aromatic rings. The number of rotatable bonds is 6. The number of carbonyl (C=O) groups excluding carboxylic acids is 1. The Bertz CT molecular complexity index is 927. The van der Waals surface area contributed by atoms with E-state index in [2.05, 4.69) is 69.1 Å². The molecule has 0 saturated carbocycles. The third kappa shape index (κ3) is 4.82. The third-order valence-electron chi connectivity index (χ3n) is 5.56. The van der Waals surface area contributed by atoms with Crippen LogP contribution in [0.5, 0.6) is 0 Å². The van der Waals surface area contributed by atoms with Gasteiger partial charge in [-0.05, 0) is 41.8 Å². The second kappa shape index (κ2) is 9.48. The molecule has 0 atom stereocenters. The monoisotopic (exact) mass is 403 g/mol. The number of benzene rings is 2. The molecule has 2 heterocycles. The number of anilines is 2. The van der Waals surface area contributed by atoms with E-state index in [0.717, 1.165) is 43.3 Å². The van der Waals surface area contributed by atoms with E-state index in [-0.39, 0.29) is 5.91 Å². The summed E-state index contributed by atoms with van der Waals surface area (Å²) in [6.07, 6.45) is 6.00. The van der Waals surface area contributed by atoms with E-state index < -0.39 is 0 Å². The van der Waals surface area contributed by atoms with Crippen molar-refractivity contribution in [3.8, 4) is 0 Å². The predicted molar refractivity (Wildman–Crippen MR) is 123 cm³/mol. The van der Waals surface area contributed by atoms with E-state index in [4.69, 9.17) is 0 Å². The highest BCUT2D eigenvalue weighted by atomic mass is 16.2. The van der Waals surface area contributed by atoms with Crippen LogP contribution in [-0.2, 0) is 17.9 Å². The molecule has 156 valence electrons. The van der Waals surface area contributed by atoms with Crippen molar-refractivity contribution in [3.63, 3.8) is 0 Å². The highest BCUT2D eigenvalue weighted by molar-refractivity contribution is 5.95. The van der Waals surface area contributed by atoms with Gasteiger partial charge in [0.05, 0.1) is 0 Å². The molecule has 2 N–H and O–H groups in total. The molecule has 1 saturated heterocycles. The van der Waals surface area contributed by atoms with Crippen LogP contribution in [0.4, 0.5) is 11.4 Å². The molecule has 2 aromatic carbocycles. The van der Waals surface area contributed by atoms with Crippen molar-refractivity contribution in [3.05, 3.63) is 71.8 Å². The average molecular weight is 404 g/mol. The molecule has 0 spiro atoms. The molecule has 0 radical (unpaired) electrons. The molecule has 2 aliphatic rings. The van der Waals surface area contributed by atoms with E-state index in [1.54, 1.807) is 7.05 Å². The minimum absolute atomic E-state index is 0.218. The maximum atomic E-state index is 11.9. The predicted octanol–water partition coefficient (Wildman–Crippen LogP) is 3.05. The smallest absolute Gasteiger partial charge is 0.227 e. The Balaban J connectivity index is 1.28. The summed E-state index contributed by atoms with van der Waals surface area (Å²) >= 11 is 0. The van der Waals surface area contributed by atoms with Crippen LogP contribution in [0.2, 0.25) is 0 Å². The quantitative estimate of drug-likeness (QED) is 0.442. The Morgan fingerprint density at radius 2 is 1.70 bits per heavy atom. The van der Waals surface area contributed by atoms with Gasteiger partial charge in [-0.3, -0.25) is 9.79 Å². The second-order valence-corrected chi connectivity index (χ2v) is 7.64. The maximum absolute atomic E-state index is 11.9. The zero-order valence-corrected chi connectivity index (χ0v) is 17.5. The van der Waals surface area contributed by atoms with Crippen molar-refractivity contribution in [2.75, 3.05) is 36.5 Å². The fourth-order valence-electron chi connectivity index (χ4n) is 3.86. The Morgan fingerprint density at radius 3 is 2.37 bits per heavy atom. The topological polar surface area (TPSA) is 60.0 Å². The molecule has 0 aliphatic carbocycles. The number of guanidine groups is 1. The fourth-order valence-corrected chi connectivity index (χ4v) is 3.86. The Kier molecular flexibility index (Phi) is 6.32. The van der Waals surface area contributed by atoms with Gasteiger partial charge in [0.25, 0.3) is 0 Å². The zero-order valence-electron chi connectivity index (χ0n) is 17.5. The summed E-state index contributed by atoms with van der Waals surface area (Å²) in [5.74, 6) is 0.984. The van der Waals surface area contributed by atoms with Gasteiger partial charge in [-0.25, -0.2) is 0 Å². The van der Waals surface area contributed by atoms with Crippen LogP contribution in [0.15, 0.2) is 65.7 Å². The minimum atomic E-state index is 0.218. The number of nitrogens with zero attached hydrogens (tertiary/aromatic N) is 3. The SMILES string of the molecule is CN=C(NCc1ccc(N2CCCC2=O)cc1)NCc1cccc(N2CC=CC2)c1. The summed E-state index contributed by atoms with van der Waals surface area (Å²) in [5.41, 5.74) is 4.61. The lowest BCUT2D eigenvalue weighted by Gasteiger charge is -2.19.